The number of urea groups is 1. The highest BCUT2D eigenvalue weighted by molar-refractivity contribution is 7.89. The van der Waals surface area contributed by atoms with Gasteiger partial charge in [0.15, 0.2) is 0 Å². The molecule has 0 radical (unpaired) electrons. The quantitative estimate of drug-likeness (QED) is 0.785. The molecule has 8 heteroatoms. The summed E-state index contributed by atoms with van der Waals surface area (Å²) >= 11 is 0. The lowest BCUT2D eigenvalue weighted by molar-refractivity contribution is 0.114. The van der Waals surface area contributed by atoms with Crippen LogP contribution >= 0.6 is 0 Å². The van der Waals surface area contributed by atoms with Gasteiger partial charge in [0.05, 0.1) is 11.0 Å². The summed E-state index contributed by atoms with van der Waals surface area (Å²) in [6, 6.07) is 5.22. The molecule has 0 unspecified atom stereocenters. The molecule has 0 spiro atoms. The van der Waals surface area contributed by atoms with Crippen molar-refractivity contribution in [3.05, 3.63) is 23.8 Å². The molecule has 2 amide bonds. The number of carbonyl (C=O) groups excluding carboxylic acids is 1. The Morgan fingerprint density at radius 1 is 1.14 bits per heavy atom. The van der Waals surface area contributed by atoms with Crippen LogP contribution in [0.1, 0.15) is 50.5 Å². The van der Waals surface area contributed by atoms with Crippen LogP contribution < -0.4 is 14.9 Å². The predicted octanol–water partition coefficient (Wildman–Crippen LogP) is 2.55. The van der Waals surface area contributed by atoms with Crippen LogP contribution in [0.3, 0.4) is 0 Å². The molecular formula is C20H29N3O4S. The van der Waals surface area contributed by atoms with E-state index in [0.717, 1.165) is 36.9 Å². The number of carbonyl (C=O) groups is 1. The van der Waals surface area contributed by atoms with E-state index < -0.39 is 10.0 Å². The van der Waals surface area contributed by atoms with E-state index in [2.05, 4.69) is 10.0 Å². The third-order valence-corrected chi connectivity index (χ3v) is 7.38. The van der Waals surface area contributed by atoms with Gasteiger partial charge in [0, 0.05) is 31.4 Å². The molecule has 28 heavy (non-hydrogen) atoms. The molecule has 0 aromatic heterocycles. The molecular weight excluding hydrogens is 378 g/mol. The summed E-state index contributed by atoms with van der Waals surface area (Å²) in [4.78, 5) is 14.7. The molecule has 0 bridgehead atoms. The number of rotatable bonds is 5. The molecule has 1 saturated carbocycles. The molecule has 1 saturated heterocycles. The van der Waals surface area contributed by atoms with Crippen molar-refractivity contribution in [2.45, 2.75) is 68.4 Å². The fourth-order valence-corrected chi connectivity index (χ4v) is 5.46. The van der Waals surface area contributed by atoms with Crippen LogP contribution in [0.2, 0.25) is 0 Å². The number of fused-ring (bicyclic) bond motifs is 1. The zero-order valence-corrected chi connectivity index (χ0v) is 17.0. The first-order valence-corrected chi connectivity index (χ1v) is 11.8. The highest BCUT2D eigenvalue weighted by Crippen LogP contribution is 2.30. The summed E-state index contributed by atoms with van der Waals surface area (Å²) in [5.41, 5.74) is 1.71. The Morgan fingerprint density at radius 3 is 2.71 bits per heavy atom. The Balaban J connectivity index is 1.41. The maximum Gasteiger partial charge on any atom is 0.322 e. The van der Waals surface area contributed by atoms with E-state index in [9.17, 15) is 13.2 Å². The number of nitrogens with one attached hydrogen (secondary N) is 2. The second-order valence-corrected chi connectivity index (χ2v) is 9.73. The molecule has 4 rings (SSSR count). The fourth-order valence-electron chi connectivity index (χ4n) is 4.35. The number of hydrogen-bond acceptors (Lipinski definition) is 4. The van der Waals surface area contributed by atoms with Crippen LogP contribution in [0, 0.1) is 0 Å². The van der Waals surface area contributed by atoms with Crippen LogP contribution in [-0.2, 0) is 21.2 Å². The minimum Gasteiger partial charge on any atom is -0.377 e. The van der Waals surface area contributed by atoms with E-state index in [4.69, 9.17) is 4.74 Å². The van der Waals surface area contributed by atoms with Gasteiger partial charge in [-0.3, -0.25) is 4.90 Å². The third-order valence-electron chi connectivity index (χ3n) is 5.96. The highest BCUT2D eigenvalue weighted by atomic mass is 32.2. The first kappa shape index (κ1) is 19.7. The molecule has 1 atom stereocenters. The topological polar surface area (TPSA) is 87.7 Å². The SMILES string of the molecule is O=C(NC1CCCCC1)N1CCc2cc(S(=O)(=O)NC[C@@H]3CCCO3)ccc21. The van der Waals surface area contributed by atoms with Crippen molar-refractivity contribution in [2.24, 2.45) is 0 Å². The highest BCUT2D eigenvalue weighted by Gasteiger charge is 2.28. The van der Waals surface area contributed by atoms with Gasteiger partial charge in [0.1, 0.15) is 0 Å². The van der Waals surface area contributed by atoms with Crippen LogP contribution in [0.4, 0.5) is 10.5 Å². The molecule has 1 aromatic rings. The minimum absolute atomic E-state index is 0.0387. The number of benzene rings is 1. The molecule has 2 N–H and O–H groups in total. The average molecular weight is 408 g/mol. The molecule has 7 nitrogen and oxygen atoms in total. The number of ether oxygens (including phenoxy) is 1. The Labute approximate surface area is 166 Å². The zero-order chi connectivity index (χ0) is 19.6. The van der Waals surface area contributed by atoms with E-state index in [-0.39, 0.29) is 23.1 Å². The predicted molar refractivity (Wildman–Crippen MR) is 107 cm³/mol. The monoisotopic (exact) mass is 407 g/mol. The Bertz CT molecular complexity index is 815. The van der Waals surface area contributed by atoms with Crippen molar-refractivity contribution in [3.63, 3.8) is 0 Å². The van der Waals surface area contributed by atoms with Crippen LogP contribution in [0.5, 0.6) is 0 Å². The Hall–Kier alpha value is -1.64. The van der Waals surface area contributed by atoms with Gasteiger partial charge in [0.2, 0.25) is 10.0 Å². The Morgan fingerprint density at radius 2 is 1.96 bits per heavy atom. The third kappa shape index (κ3) is 4.34. The van der Waals surface area contributed by atoms with Crippen molar-refractivity contribution < 1.29 is 17.9 Å². The number of hydrogen-bond donors (Lipinski definition) is 2. The lowest BCUT2D eigenvalue weighted by Gasteiger charge is -2.26. The lowest BCUT2D eigenvalue weighted by Crippen LogP contribution is -2.45. The summed E-state index contributed by atoms with van der Waals surface area (Å²) in [7, 11) is -3.58. The second kappa shape index (κ2) is 8.39. The molecule has 3 aliphatic rings. The number of amides is 2. The van der Waals surface area contributed by atoms with E-state index in [1.165, 1.54) is 19.3 Å². The fraction of sp³-hybridized carbons (Fsp3) is 0.650. The van der Waals surface area contributed by atoms with Crippen molar-refractivity contribution in [2.75, 3.05) is 24.6 Å². The smallest absolute Gasteiger partial charge is 0.322 e. The standard InChI is InChI=1S/C20H29N3O4S/c24-20(22-16-5-2-1-3-6-16)23-11-10-15-13-18(8-9-19(15)23)28(25,26)21-14-17-7-4-12-27-17/h8-9,13,16-17,21H,1-7,10-12,14H2,(H,22,24)/t17-/m0/s1. The van der Waals surface area contributed by atoms with Gasteiger partial charge in [-0.1, -0.05) is 19.3 Å². The summed E-state index contributed by atoms with van der Waals surface area (Å²) in [5, 5.41) is 3.14. The van der Waals surface area contributed by atoms with Gasteiger partial charge in [-0.05, 0) is 55.9 Å². The summed E-state index contributed by atoms with van der Waals surface area (Å²) < 4.78 is 33.3. The van der Waals surface area contributed by atoms with Crippen molar-refractivity contribution >= 4 is 21.7 Å². The van der Waals surface area contributed by atoms with E-state index in [1.807, 2.05) is 0 Å². The largest absolute Gasteiger partial charge is 0.377 e. The van der Waals surface area contributed by atoms with Gasteiger partial charge >= 0.3 is 6.03 Å². The van der Waals surface area contributed by atoms with E-state index >= 15 is 0 Å². The summed E-state index contributed by atoms with van der Waals surface area (Å²) in [6.45, 7) is 1.58. The lowest BCUT2D eigenvalue weighted by atomic mass is 9.96. The van der Waals surface area contributed by atoms with Crippen LogP contribution in [-0.4, -0.2) is 46.3 Å². The van der Waals surface area contributed by atoms with Gasteiger partial charge in [-0.15, -0.1) is 0 Å². The molecule has 2 fully saturated rings. The minimum atomic E-state index is -3.58. The average Bonchev–Trinajstić information content (AvgIpc) is 3.36. The molecule has 2 aliphatic heterocycles. The van der Waals surface area contributed by atoms with Gasteiger partial charge in [0.25, 0.3) is 0 Å². The molecule has 154 valence electrons. The number of anilines is 1. The molecule has 1 aromatic carbocycles. The first-order chi connectivity index (χ1) is 13.5. The summed E-state index contributed by atoms with van der Waals surface area (Å²) in [6.07, 6.45) is 8.16. The van der Waals surface area contributed by atoms with Gasteiger partial charge < -0.3 is 10.1 Å². The number of sulfonamides is 1. The van der Waals surface area contributed by atoms with Crippen molar-refractivity contribution in [3.8, 4) is 0 Å². The van der Waals surface area contributed by atoms with E-state index in [0.29, 0.717) is 26.1 Å². The van der Waals surface area contributed by atoms with Crippen molar-refractivity contribution in [1.82, 2.24) is 10.0 Å². The maximum atomic E-state index is 12.7. The van der Waals surface area contributed by atoms with Crippen LogP contribution in [0.15, 0.2) is 23.1 Å². The zero-order valence-electron chi connectivity index (χ0n) is 16.2. The summed E-state index contributed by atoms with van der Waals surface area (Å²) in [5.74, 6) is 0. The first-order valence-electron chi connectivity index (χ1n) is 10.4. The van der Waals surface area contributed by atoms with E-state index in [1.54, 1.807) is 23.1 Å². The van der Waals surface area contributed by atoms with Gasteiger partial charge in [-0.25, -0.2) is 17.9 Å². The maximum absolute atomic E-state index is 12.7. The van der Waals surface area contributed by atoms with Crippen LogP contribution in [0.25, 0.3) is 0 Å². The molecule has 1 aliphatic carbocycles. The Kier molecular flexibility index (Phi) is 5.89. The normalized spacial score (nSPS) is 23.0. The van der Waals surface area contributed by atoms with Gasteiger partial charge in [-0.2, -0.15) is 0 Å². The van der Waals surface area contributed by atoms with Crippen molar-refractivity contribution in [1.29, 1.82) is 0 Å². The number of nitrogens with zero attached hydrogens (tertiary/aromatic N) is 1. The molecule has 2 heterocycles. The second-order valence-electron chi connectivity index (χ2n) is 7.96.